The molecule has 2 aromatic carbocycles. The van der Waals surface area contributed by atoms with Crippen molar-refractivity contribution in [1.29, 1.82) is 0 Å². The predicted molar refractivity (Wildman–Crippen MR) is 160 cm³/mol. The van der Waals surface area contributed by atoms with Crippen LogP contribution < -0.4 is 10.1 Å². The van der Waals surface area contributed by atoms with Crippen molar-refractivity contribution < 1.29 is 34.8 Å². The minimum Gasteiger partial charge on any atom is -0.491 e. The maximum atomic E-state index is 8.36. The Balaban J connectivity index is 0.000000619. The molecular formula is C27H29Cl2N7O9. The van der Waals surface area contributed by atoms with E-state index in [2.05, 4.69) is 27.2 Å². The van der Waals surface area contributed by atoms with Crippen LogP contribution in [0.1, 0.15) is 18.9 Å². The molecule has 3 N–H and O–H groups in total. The molecule has 0 amide bonds. The van der Waals surface area contributed by atoms with E-state index >= 15 is 0 Å². The fourth-order valence-corrected chi connectivity index (χ4v) is 4.68. The van der Waals surface area contributed by atoms with Crippen LogP contribution in [0.3, 0.4) is 0 Å². The Morgan fingerprint density at radius 2 is 1.82 bits per heavy atom. The maximum absolute atomic E-state index is 8.36. The van der Waals surface area contributed by atoms with Crippen molar-refractivity contribution in [2.24, 2.45) is 0 Å². The molecule has 18 heteroatoms. The van der Waals surface area contributed by atoms with Crippen LogP contribution in [0.5, 0.6) is 5.75 Å². The van der Waals surface area contributed by atoms with E-state index in [1.54, 1.807) is 30.9 Å². The van der Waals surface area contributed by atoms with Gasteiger partial charge in [0.1, 0.15) is 18.5 Å². The molecule has 2 aromatic heterocycles. The van der Waals surface area contributed by atoms with Gasteiger partial charge in [-0.05, 0) is 48.9 Å². The monoisotopic (exact) mass is 665 g/mol. The van der Waals surface area contributed by atoms with Crippen LogP contribution in [-0.4, -0.2) is 66.0 Å². The quantitative estimate of drug-likeness (QED) is 0.148. The number of hydrogen-bond donors (Lipinski definition) is 3. The Labute approximate surface area is 266 Å². The molecule has 1 saturated heterocycles. The number of anilines is 1. The van der Waals surface area contributed by atoms with Crippen LogP contribution in [0.4, 0.5) is 5.95 Å². The number of aromatic nitrogens is 4. The van der Waals surface area contributed by atoms with E-state index in [9.17, 15) is 0 Å². The average molecular weight is 666 g/mol. The van der Waals surface area contributed by atoms with Gasteiger partial charge in [0.2, 0.25) is 11.7 Å². The number of nitrogens with zero attached hydrogens (tertiary/aromatic N) is 6. The first-order valence-electron chi connectivity index (χ1n) is 13.2. The van der Waals surface area contributed by atoms with Crippen molar-refractivity contribution in [3.63, 3.8) is 0 Å². The van der Waals surface area contributed by atoms with Crippen LogP contribution in [0.2, 0.25) is 10.0 Å². The van der Waals surface area contributed by atoms with Gasteiger partial charge in [0.05, 0.1) is 30.2 Å². The highest BCUT2D eigenvalue weighted by atomic mass is 35.5. The number of imidazole rings is 1. The number of benzene rings is 2. The van der Waals surface area contributed by atoms with E-state index in [-0.39, 0.29) is 6.10 Å². The number of ether oxygens (including phenoxy) is 3. The number of nitrogens with one attached hydrogen (secondary N) is 1. The minimum absolute atomic E-state index is 0.302. The summed E-state index contributed by atoms with van der Waals surface area (Å²) in [7, 11) is 0. The van der Waals surface area contributed by atoms with Gasteiger partial charge >= 0.3 is 0 Å². The molecule has 1 aliphatic heterocycles. The molecule has 1 aliphatic rings. The van der Waals surface area contributed by atoms with Crippen LogP contribution in [0.25, 0.3) is 11.3 Å². The van der Waals surface area contributed by atoms with Crippen molar-refractivity contribution in [2.45, 2.75) is 31.8 Å². The third-order valence-electron chi connectivity index (χ3n) is 5.93. The predicted octanol–water partition coefficient (Wildman–Crippen LogP) is 5.12. The van der Waals surface area contributed by atoms with Crippen LogP contribution in [0, 0.1) is 20.2 Å². The fraction of sp³-hybridized carbons (Fsp3) is 0.296. The summed E-state index contributed by atoms with van der Waals surface area (Å²) >= 11 is 12.7. The Bertz CT molecular complexity index is 1510. The van der Waals surface area contributed by atoms with E-state index in [1.165, 1.54) is 0 Å². The van der Waals surface area contributed by atoms with E-state index in [4.69, 9.17) is 68.1 Å². The molecule has 3 heterocycles. The standard InChI is InChI=1S/C27H27Cl2N5O3.2HNO3/c1-2-10-31-26-32-11-9-25(33-26)19-3-6-21(7-4-19)35-15-22-16-36-27(37-22,17-34-13-12-30-18-34)23-8-5-20(28)14-24(23)29;2*2-1(3)4/h3-9,11-14,18,22H,2,10,15-17H2,1H3,(H,31,32,33);2*(H,2,3,4). The van der Waals surface area contributed by atoms with Gasteiger partial charge in [-0.15, -0.1) is 20.2 Å². The summed E-state index contributed by atoms with van der Waals surface area (Å²) in [5.41, 5.74) is 2.53. The van der Waals surface area contributed by atoms with Gasteiger partial charge in [-0.25, -0.2) is 15.0 Å². The molecule has 4 aromatic rings. The second-order valence-electron chi connectivity index (χ2n) is 9.17. The summed E-state index contributed by atoms with van der Waals surface area (Å²) in [6.07, 6.45) is 7.73. The maximum Gasteiger partial charge on any atom is 0.291 e. The third-order valence-corrected chi connectivity index (χ3v) is 6.47. The zero-order chi connectivity index (χ0) is 32.8. The molecular weight excluding hydrogens is 637 g/mol. The smallest absolute Gasteiger partial charge is 0.291 e. The van der Waals surface area contributed by atoms with Crippen LogP contribution in [-0.2, 0) is 21.8 Å². The molecule has 2 atom stereocenters. The van der Waals surface area contributed by atoms with Gasteiger partial charge in [-0.2, -0.15) is 0 Å². The summed E-state index contributed by atoms with van der Waals surface area (Å²) in [4.78, 5) is 29.7. The van der Waals surface area contributed by atoms with Crippen molar-refractivity contribution in [2.75, 3.05) is 25.1 Å². The molecule has 0 spiro atoms. The Kier molecular flexibility index (Phi) is 13.0. The highest BCUT2D eigenvalue weighted by Gasteiger charge is 2.45. The normalized spacial score (nSPS) is 16.8. The lowest BCUT2D eigenvalue weighted by Crippen LogP contribution is -2.34. The van der Waals surface area contributed by atoms with Crippen LogP contribution >= 0.6 is 23.2 Å². The molecule has 45 heavy (non-hydrogen) atoms. The SMILES string of the molecule is CCCNc1nccc(-c2ccc(OCC3COC(Cn4ccnc4)(c4ccc(Cl)cc4Cl)O3)cc2)n1.O=[N+]([O-])O.O=[N+]([O-])O. The summed E-state index contributed by atoms with van der Waals surface area (Å²) in [5.74, 6) is 0.261. The molecule has 1 fully saturated rings. The number of rotatable bonds is 10. The van der Waals surface area contributed by atoms with Gasteiger partial charge < -0.3 is 34.5 Å². The third kappa shape index (κ3) is 11.0. The van der Waals surface area contributed by atoms with Crippen molar-refractivity contribution in [1.82, 2.24) is 19.5 Å². The van der Waals surface area contributed by atoms with Gasteiger partial charge in [-0.3, -0.25) is 0 Å². The highest BCUT2D eigenvalue weighted by molar-refractivity contribution is 6.35. The lowest BCUT2D eigenvalue weighted by atomic mass is 10.1. The first kappa shape index (κ1) is 34.7. The van der Waals surface area contributed by atoms with E-state index < -0.39 is 16.0 Å². The molecule has 16 nitrogen and oxygen atoms in total. The van der Waals surface area contributed by atoms with Gasteiger partial charge in [-0.1, -0.05) is 36.2 Å². The summed E-state index contributed by atoms with van der Waals surface area (Å²) in [5, 5.41) is 31.5. The average Bonchev–Trinajstić information content (AvgIpc) is 3.65. The summed E-state index contributed by atoms with van der Waals surface area (Å²) in [6, 6.07) is 15.0. The van der Waals surface area contributed by atoms with Crippen molar-refractivity contribution >= 4 is 29.2 Å². The van der Waals surface area contributed by atoms with Crippen molar-refractivity contribution in [3.8, 4) is 17.0 Å². The largest absolute Gasteiger partial charge is 0.491 e. The molecule has 2 unspecified atom stereocenters. The zero-order valence-corrected chi connectivity index (χ0v) is 25.2. The summed E-state index contributed by atoms with van der Waals surface area (Å²) in [6.45, 7) is 3.98. The molecule has 0 saturated carbocycles. The number of hydrogen-bond acceptors (Lipinski definition) is 11. The highest BCUT2D eigenvalue weighted by Crippen LogP contribution is 2.40. The minimum atomic E-state index is -1.50. The van der Waals surface area contributed by atoms with Gasteiger partial charge in [0, 0.05) is 41.3 Å². The Morgan fingerprint density at radius 1 is 1.11 bits per heavy atom. The van der Waals surface area contributed by atoms with Crippen molar-refractivity contribution in [3.05, 3.63) is 109 Å². The second kappa shape index (κ2) is 16.9. The lowest BCUT2D eigenvalue weighted by Gasteiger charge is -2.30. The zero-order valence-electron chi connectivity index (χ0n) is 23.7. The molecule has 240 valence electrons. The van der Waals surface area contributed by atoms with Gasteiger partial charge in [0.15, 0.2) is 0 Å². The van der Waals surface area contributed by atoms with E-state index in [0.717, 1.165) is 30.0 Å². The molecule has 5 rings (SSSR count). The van der Waals surface area contributed by atoms with Crippen LogP contribution in [0.15, 0.2) is 73.4 Å². The first-order valence-corrected chi connectivity index (χ1v) is 14.0. The topological polar surface area (TPSA) is 210 Å². The van der Waals surface area contributed by atoms with E-state index in [1.807, 2.05) is 47.2 Å². The van der Waals surface area contributed by atoms with E-state index in [0.29, 0.717) is 41.3 Å². The molecule has 0 radical (unpaired) electrons. The Morgan fingerprint density at radius 3 is 2.44 bits per heavy atom. The van der Waals surface area contributed by atoms with Gasteiger partial charge in [0.25, 0.3) is 10.2 Å². The summed E-state index contributed by atoms with van der Waals surface area (Å²) < 4.78 is 20.6. The molecule has 0 bridgehead atoms. The Hall–Kier alpha value is -4.77. The lowest BCUT2D eigenvalue weighted by molar-refractivity contribution is -0.742. The number of halogens is 2. The molecule has 0 aliphatic carbocycles. The fourth-order valence-electron chi connectivity index (χ4n) is 4.13. The second-order valence-corrected chi connectivity index (χ2v) is 10.0. The first-order chi connectivity index (χ1) is 21.5.